The molecule has 4 nitrogen and oxygen atoms in total. The van der Waals surface area contributed by atoms with Crippen molar-refractivity contribution in [3.8, 4) is 0 Å². The summed E-state index contributed by atoms with van der Waals surface area (Å²) in [7, 11) is 1.64. The fraction of sp³-hybridized carbons (Fsp3) is 0.600. The molecular weight excluding hydrogens is 240 g/mol. The molecule has 4 heteroatoms. The van der Waals surface area contributed by atoms with Crippen LogP contribution in [0.2, 0.25) is 0 Å². The predicted octanol–water partition coefficient (Wildman–Crippen LogP) is 2.37. The van der Waals surface area contributed by atoms with Crippen LogP contribution in [0.3, 0.4) is 0 Å². The van der Waals surface area contributed by atoms with Gasteiger partial charge >= 0.3 is 0 Å². The summed E-state index contributed by atoms with van der Waals surface area (Å²) >= 11 is 0. The van der Waals surface area contributed by atoms with Gasteiger partial charge in [-0.2, -0.15) is 0 Å². The van der Waals surface area contributed by atoms with Gasteiger partial charge in [0, 0.05) is 25.3 Å². The van der Waals surface area contributed by atoms with Gasteiger partial charge in [-0.25, -0.2) is 4.98 Å². The lowest BCUT2D eigenvalue weighted by Crippen LogP contribution is -2.44. The van der Waals surface area contributed by atoms with Crippen molar-refractivity contribution in [2.24, 2.45) is 5.92 Å². The molecule has 0 aromatic carbocycles. The highest BCUT2D eigenvalue weighted by atomic mass is 16.5. The molecule has 0 radical (unpaired) electrons. The van der Waals surface area contributed by atoms with Crippen molar-refractivity contribution in [2.75, 3.05) is 12.8 Å². The number of Topliss-reactive ketones (excluding diaryl/α,β-unsaturated/α-hetero) is 1. The van der Waals surface area contributed by atoms with E-state index in [2.05, 4.69) is 11.9 Å². The monoisotopic (exact) mass is 262 g/mol. The number of hydrogen-bond donors (Lipinski definition) is 1. The Morgan fingerprint density at radius 1 is 1.53 bits per heavy atom. The van der Waals surface area contributed by atoms with Crippen LogP contribution in [0.25, 0.3) is 0 Å². The predicted molar refractivity (Wildman–Crippen MR) is 74.7 cm³/mol. The maximum absolute atomic E-state index is 12.6. The van der Waals surface area contributed by atoms with E-state index in [-0.39, 0.29) is 5.78 Å². The van der Waals surface area contributed by atoms with Gasteiger partial charge in [0.05, 0.1) is 0 Å². The Labute approximate surface area is 114 Å². The topological polar surface area (TPSA) is 65.2 Å². The zero-order valence-corrected chi connectivity index (χ0v) is 11.7. The molecule has 1 aliphatic carbocycles. The summed E-state index contributed by atoms with van der Waals surface area (Å²) in [6.45, 7) is 2.23. The average Bonchev–Trinajstić information content (AvgIpc) is 2.42. The van der Waals surface area contributed by atoms with Crippen molar-refractivity contribution in [2.45, 2.75) is 44.6 Å². The number of carbonyl (C=O) groups is 1. The molecule has 19 heavy (non-hydrogen) atoms. The molecule has 0 amide bonds. The summed E-state index contributed by atoms with van der Waals surface area (Å²) in [6, 6.07) is 3.66. The van der Waals surface area contributed by atoms with E-state index < -0.39 is 5.60 Å². The first-order valence-corrected chi connectivity index (χ1v) is 6.85. The number of pyridine rings is 1. The minimum absolute atomic E-state index is 0.126. The molecule has 1 aromatic rings. The summed E-state index contributed by atoms with van der Waals surface area (Å²) < 4.78 is 5.59. The number of ketones is 1. The van der Waals surface area contributed by atoms with Crippen molar-refractivity contribution in [1.82, 2.24) is 4.98 Å². The lowest BCUT2D eigenvalue weighted by molar-refractivity contribution is -0.145. The third-order valence-corrected chi connectivity index (χ3v) is 4.26. The molecule has 1 fully saturated rings. The van der Waals surface area contributed by atoms with Crippen LogP contribution in [0.4, 0.5) is 5.82 Å². The fourth-order valence-corrected chi connectivity index (χ4v) is 2.76. The SMILES string of the molecule is COC1(C(=O)Cc2cccnc2N)CCC(C)CC1. The maximum Gasteiger partial charge on any atom is 0.169 e. The van der Waals surface area contributed by atoms with Crippen LogP contribution in [0.1, 0.15) is 38.2 Å². The van der Waals surface area contributed by atoms with Gasteiger partial charge < -0.3 is 10.5 Å². The fourth-order valence-electron chi connectivity index (χ4n) is 2.76. The number of methoxy groups -OCH3 is 1. The van der Waals surface area contributed by atoms with Gasteiger partial charge in [-0.1, -0.05) is 13.0 Å². The highest BCUT2D eigenvalue weighted by Crippen LogP contribution is 2.36. The molecule has 0 aliphatic heterocycles. The summed E-state index contributed by atoms with van der Waals surface area (Å²) in [4.78, 5) is 16.6. The van der Waals surface area contributed by atoms with Gasteiger partial charge in [-0.15, -0.1) is 0 Å². The number of carbonyl (C=O) groups excluding carboxylic acids is 1. The zero-order chi connectivity index (χ0) is 13.9. The second-order valence-corrected chi connectivity index (χ2v) is 5.53. The van der Waals surface area contributed by atoms with Crippen LogP contribution in [0.5, 0.6) is 0 Å². The highest BCUT2D eigenvalue weighted by molar-refractivity contribution is 5.90. The van der Waals surface area contributed by atoms with Gasteiger partial charge in [0.2, 0.25) is 0 Å². The third kappa shape index (κ3) is 2.95. The summed E-state index contributed by atoms with van der Waals surface area (Å²) in [6.07, 6.45) is 5.65. The first-order chi connectivity index (χ1) is 9.07. The van der Waals surface area contributed by atoms with E-state index in [4.69, 9.17) is 10.5 Å². The Hall–Kier alpha value is -1.42. The summed E-state index contributed by atoms with van der Waals surface area (Å²) in [5, 5.41) is 0. The number of nitrogens with zero attached hydrogens (tertiary/aromatic N) is 1. The van der Waals surface area contributed by atoms with E-state index in [1.165, 1.54) is 0 Å². The van der Waals surface area contributed by atoms with Crippen LogP contribution >= 0.6 is 0 Å². The second kappa shape index (κ2) is 5.70. The van der Waals surface area contributed by atoms with Gasteiger partial charge in [0.25, 0.3) is 0 Å². The van der Waals surface area contributed by atoms with Crippen molar-refractivity contribution < 1.29 is 9.53 Å². The molecule has 2 rings (SSSR count). The number of aromatic nitrogens is 1. The quantitative estimate of drug-likeness (QED) is 0.904. The third-order valence-electron chi connectivity index (χ3n) is 4.26. The van der Waals surface area contributed by atoms with E-state index >= 15 is 0 Å². The molecular formula is C15H22N2O2. The van der Waals surface area contributed by atoms with Crippen molar-refractivity contribution in [1.29, 1.82) is 0 Å². The Morgan fingerprint density at radius 3 is 2.79 bits per heavy atom. The van der Waals surface area contributed by atoms with Crippen LogP contribution in [0.15, 0.2) is 18.3 Å². The van der Waals surface area contributed by atoms with E-state index in [0.29, 0.717) is 18.2 Å². The van der Waals surface area contributed by atoms with E-state index in [1.807, 2.05) is 6.07 Å². The summed E-state index contributed by atoms with van der Waals surface area (Å²) in [5.74, 6) is 1.24. The minimum Gasteiger partial charge on any atom is -0.383 e. The number of nitrogen functional groups attached to an aromatic ring is 1. The lowest BCUT2D eigenvalue weighted by Gasteiger charge is -2.37. The molecule has 0 saturated heterocycles. The van der Waals surface area contributed by atoms with E-state index in [1.54, 1.807) is 19.4 Å². The second-order valence-electron chi connectivity index (χ2n) is 5.53. The lowest BCUT2D eigenvalue weighted by atomic mass is 9.76. The molecule has 0 atom stereocenters. The van der Waals surface area contributed by atoms with Gasteiger partial charge in [-0.3, -0.25) is 4.79 Å². The van der Waals surface area contributed by atoms with Crippen molar-refractivity contribution >= 4 is 11.6 Å². The zero-order valence-electron chi connectivity index (χ0n) is 11.7. The van der Waals surface area contributed by atoms with Gasteiger partial charge in [0.15, 0.2) is 5.78 Å². The molecule has 1 heterocycles. The van der Waals surface area contributed by atoms with Gasteiger partial charge in [-0.05, 0) is 37.7 Å². The van der Waals surface area contributed by atoms with Crippen molar-refractivity contribution in [3.05, 3.63) is 23.9 Å². The molecule has 1 aromatic heterocycles. The molecule has 1 saturated carbocycles. The van der Waals surface area contributed by atoms with Crippen LogP contribution in [-0.4, -0.2) is 23.5 Å². The average molecular weight is 262 g/mol. The number of rotatable bonds is 4. The first-order valence-electron chi connectivity index (χ1n) is 6.85. The number of nitrogens with two attached hydrogens (primary N) is 1. The van der Waals surface area contributed by atoms with Crippen molar-refractivity contribution in [3.63, 3.8) is 0 Å². The summed E-state index contributed by atoms with van der Waals surface area (Å²) in [5.41, 5.74) is 5.98. The number of ether oxygens (including phenoxy) is 1. The first kappa shape index (κ1) is 14.0. The standard InChI is InChI=1S/C15H22N2O2/c1-11-5-7-15(19-2,8-6-11)13(18)10-12-4-3-9-17-14(12)16/h3-4,9,11H,5-8,10H2,1-2H3,(H2,16,17). The molecule has 0 spiro atoms. The van der Waals surface area contributed by atoms with E-state index in [9.17, 15) is 4.79 Å². The van der Waals surface area contributed by atoms with Gasteiger partial charge in [0.1, 0.15) is 11.4 Å². The Kier molecular flexibility index (Phi) is 4.20. The molecule has 2 N–H and O–H groups in total. The largest absolute Gasteiger partial charge is 0.383 e. The van der Waals surface area contributed by atoms with Crippen LogP contribution in [-0.2, 0) is 16.0 Å². The smallest absolute Gasteiger partial charge is 0.169 e. The molecule has 0 bridgehead atoms. The Balaban J connectivity index is 2.12. The Bertz CT molecular complexity index is 451. The molecule has 0 unspecified atom stereocenters. The number of hydrogen-bond acceptors (Lipinski definition) is 4. The molecule has 1 aliphatic rings. The maximum atomic E-state index is 12.6. The highest BCUT2D eigenvalue weighted by Gasteiger charge is 2.40. The normalized spacial score (nSPS) is 27.2. The van der Waals surface area contributed by atoms with Crippen LogP contribution in [0, 0.1) is 5.92 Å². The van der Waals surface area contributed by atoms with Crippen LogP contribution < -0.4 is 5.73 Å². The number of anilines is 1. The minimum atomic E-state index is -0.616. The van der Waals surface area contributed by atoms with E-state index in [0.717, 1.165) is 31.2 Å². The molecule has 104 valence electrons. The Morgan fingerprint density at radius 2 is 2.21 bits per heavy atom.